The summed E-state index contributed by atoms with van der Waals surface area (Å²) in [6.07, 6.45) is 13.5. The number of esters is 1. The summed E-state index contributed by atoms with van der Waals surface area (Å²) in [4.78, 5) is 12.9. The van der Waals surface area contributed by atoms with Gasteiger partial charge in [-0.2, -0.15) is 0 Å². The SMILES string of the molecule is CCCCCCCCCCOc1ccc(-c2ccccc2OC(=O)c2ccc(CCCO[C@@H](C)CC)cc2)cc1. The number of aryl methyl sites for hydroxylation is 1. The second-order valence-electron chi connectivity index (χ2n) is 10.6. The largest absolute Gasteiger partial charge is 0.494 e. The van der Waals surface area contributed by atoms with E-state index in [0.717, 1.165) is 55.8 Å². The minimum atomic E-state index is -0.357. The van der Waals surface area contributed by atoms with Gasteiger partial charge in [0.15, 0.2) is 0 Å². The van der Waals surface area contributed by atoms with Crippen molar-refractivity contribution in [2.75, 3.05) is 13.2 Å². The molecule has 0 amide bonds. The van der Waals surface area contributed by atoms with Crippen LogP contribution in [0.15, 0.2) is 72.8 Å². The molecule has 0 aliphatic rings. The van der Waals surface area contributed by atoms with Gasteiger partial charge in [-0.05, 0) is 74.1 Å². The van der Waals surface area contributed by atoms with Crippen LogP contribution in [0.1, 0.15) is 101 Å². The number of carbonyl (C=O) groups is 1. The lowest BCUT2D eigenvalue weighted by atomic mass is 10.0. The number of hydrogen-bond acceptors (Lipinski definition) is 4. The summed E-state index contributed by atoms with van der Waals surface area (Å²) in [7, 11) is 0. The van der Waals surface area contributed by atoms with Crippen LogP contribution in [0.2, 0.25) is 0 Å². The van der Waals surface area contributed by atoms with E-state index in [1.165, 1.54) is 50.5 Å². The minimum Gasteiger partial charge on any atom is -0.494 e. The molecule has 4 nitrogen and oxygen atoms in total. The summed E-state index contributed by atoms with van der Waals surface area (Å²) >= 11 is 0. The van der Waals surface area contributed by atoms with Crippen LogP contribution in [0.3, 0.4) is 0 Å². The van der Waals surface area contributed by atoms with Crippen LogP contribution in [0.5, 0.6) is 11.5 Å². The van der Waals surface area contributed by atoms with Crippen molar-refractivity contribution < 1.29 is 19.0 Å². The van der Waals surface area contributed by atoms with Crippen molar-refractivity contribution in [2.45, 2.75) is 97.5 Å². The van der Waals surface area contributed by atoms with Gasteiger partial charge in [-0.15, -0.1) is 0 Å². The van der Waals surface area contributed by atoms with Crippen LogP contribution in [0.4, 0.5) is 0 Å². The van der Waals surface area contributed by atoms with E-state index in [4.69, 9.17) is 14.2 Å². The average molecular weight is 545 g/mol. The fraction of sp³-hybridized carbons (Fsp3) is 0.472. The third kappa shape index (κ3) is 11.2. The van der Waals surface area contributed by atoms with Crippen molar-refractivity contribution in [1.82, 2.24) is 0 Å². The topological polar surface area (TPSA) is 44.8 Å². The summed E-state index contributed by atoms with van der Waals surface area (Å²) < 4.78 is 17.6. The first kappa shape index (κ1) is 31.4. The van der Waals surface area contributed by atoms with Gasteiger partial charge >= 0.3 is 5.97 Å². The summed E-state index contributed by atoms with van der Waals surface area (Å²) in [6, 6.07) is 23.4. The third-order valence-electron chi connectivity index (χ3n) is 7.30. The predicted octanol–water partition coefficient (Wildman–Crippen LogP) is 9.84. The Balaban J connectivity index is 1.47. The van der Waals surface area contributed by atoms with E-state index in [1.54, 1.807) is 0 Å². The molecule has 1 atom stereocenters. The maximum Gasteiger partial charge on any atom is 0.343 e. The Morgan fingerprint density at radius 3 is 2.10 bits per heavy atom. The molecule has 0 bridgehead atoms. The first-order valence-corrected chi connectivity index (χ1v) is 15.4. The minimum absolute atomic E-state index is 0.302. The van der Waals surface area contributed by atoms with Crippen LogP contribution in [0, 0.1) is 0 Å². The zero-order valence-corrected chi connectivity index (χ0v) is 24.8. The zero-order valence-electron chi connectivity index (χ0n) is 24.8. The van der Waals surface area contributed by atoms with Gasteiger partial charge < -0.3 is 14.2 Å². The highest BCUT2D eigenvalue weighted by molar-refractivity contribution is 5.92. The van der Waals surface area contributed by atoms with Crippen LogP contribution in [-0.2, 0) is 11.2 Å². The first-order valence-electron chi connectivity index (χ1n) is 15.4. The normalized spacial score (nSPS) is 11.8. The predicted molar refractivity (Wildman–Crippen MR) is 165 cm³/mol. The second-order valence-corrected chi connectivity index (χ2v) is 10.6. The number of rotatable bonds is 19. The number of unbranched alkanes of at least 4 members (excludes halogenated alkanes) is 7. The molecule has 0 aliphatic heterocycles. The van der Waals surface area contributed by atoms with Crippen LogP contribution in [0.25, 0.3) is 11.1 Å². The molecule has 0 saturated heterocycles. The highest BCUT2D eigenvalue weighted by atomic mass is 16.5. The van der Waals surface area contributed by atoms with E-state index in [1.807, 2.05) is 72.8 Å². The van der Waals surface area contributed by atoms with Crippen molar-refractivity contribution in [2.24, 2.45) is 0 Å². The molecule has 3 aromatic rings. The Labute approximate surface area is 242 Å². The number of para-hydroxylation sites is 1. The quantitative estimate of drug-likeness (QED) is 0.0856. The summed E-state index contributed by atoms with van der Waals surface area (Å²) in [5, 5.41) is 0. The number of benzene rings is 3. The van der Waals surface area contributed by atoms with Crippen molar-refractivity contribution in [3.05, 3.63) is 83.9 Å². The van der Waals surface area contributed by atoms with Crippen LogP contribution >= 0.6 is 0 Å². The van der Waals surface area contributed by atoms with E-state index in [2.05, 4.69) is 20.8 Å². The third-order valence-corrected chi connectivity index (χ3v) is 7.30. The molecule has 216 valence electrons. The molecule has 0 saturated carbocycles. The molecule has 40 heavy (non-hydrogen) atoms. The Kier molecular flexibility index (Phi) is 14.4. The second kappa shape index (κ2) is 18.3. The van der Waals surface area contributed by atoms with Crippen molar-refractivity contribution in [3.8, 4) is 22.6 Å². The number of carbonyl (C=O) groups excluding carboxylic acids is 1. The number of hydrogen-bond donors (Lipinski definition) is 0. The molecule has 0 aromatic heterocycles. The molecule has 4 heteroatoms. The van der Waals surface area contributed by atoms with E-state index >= 15 is 0 Å². The average Bonchev–Trinajstić information content (AvgIpc) is 2.99. The van der Waals surface area contributed by atoms with E-state index in [0.29, 0.717) is 17.4 Å². The summed E-state index contributed by atoms with van der Waals surface area (Å²) in [6.45, 7) is 7.98. The first-order chi connectivity index (χ1) is 19.6. The van der Waals surface area contributed by atoms with E-state index in [9.17, 15) is 4.79 Å². The van der Waals surface area contributed by atoms with Gasteiger partial charge in [-0.25, -0.2) is 4.79 Å². The summed E-state index contributed by atoms with van der Waals surface area (Å²) in [5.41, 5.74) is 3.59. The Morgan fingerprint density at radius 2 is 1.40 bits per heavy atom. The molecule has 3 aromatic carbocycles. The maximum absolute atomic E-state index is 12.9. The number of ether oxygens (including phenoxy) is 3. The zero-order chi connectivity index (χ0) is 28.4. The van der Waals surface area contributed by atoms with Gasteiger partial charge in [-0.1, -0.05) is 101 Å². The highest BCUT2D eigenvalue weighted by Crippen LogP contribution is 2.31. The molecule has 0 spiro atoms. The Hall–Kier alpha value is -3.11. The molecule has 0 fully saturated rings. The smallest absolute Gasteiger partial charge is 0.343 e. The van der Waals surface area contributed by atoms with Gasteiger partial charge in [0.05, 0.1) is 18.3 Å². The molecule has 0 radical (unpaired) electrons. The molecular formula is C36H48O4. The van der Waals surface area contributed by atoms with Crippen molar-refractivity contribution in [1.29, 1.82) is 0 Å². The van der Waals surface area contributed by atoms with Crippen LogP contribution in [-0.4, -0.2) is 25.3 Å². The van der Waals surface area contributed by atoms with Gasteiger partial charge in [0.1, 0.15) is 11.5 Å². The fourth-order valence-corrected chi connectivity index (χ4v) is 4.60. The molecule has 0 N–H and O–H groups in total. The van der Waals surface area contributed by atoms with E-state index < -0.39 is 0 Å². The molecule has 3 rings (SSSR count). The van der Waals surface area contributed by atoms with Crippen LogP contribution < -0.4 is 9.47 Å². The lowest BCUT2D eigenvalue weighted by Gasteiger charge is -2.12. The van der Waals surface area contributed by atoms with Crippen molar-refractivity contribution >= 4 is 5.97 Å². The maximum atomic E-state index is 12.9. The van der Waals surface area contributed by atoms with Crippen molar-refractivity contribution in [3.63, 3.8) is 0 Å². The highest BCUT2D eigenvalue weighted by Gasteiger charge is 2.13. The standard InChI is InChI=1S/C36H48O4/c1-4-6-7-8-9-10-11-14-27-39-33-25-23-31(24-26-33)34-17-12-13-18-35(34)40-36(37)32-21-19-30(20-22-32)16-15-28-38-29(3)5-2/h12-13,17-26,29H,4-11,14-16,27-28H2,1-3H3/t29-/m0/s1. The lowest BCUT2D eigenvalue weighted by molar-refractivity contribution is 0.0621. The van der Waals surface area contributed by atoms with Gasteiger partial charge in [0.25, 0.3) is 0 Å². The van der Waals surface area contributed by atoms with Gasteiger partial charge in [0.2, 0.25) is 0 Å². The Morgan fingerprint density at radius 1 is 0.725 bits per heavy atom. The Bertz CT molecular complexity index is 1100. The fourth-order valence-electron chi connectivity index (χ4n) is 4.60. The van der Waals surface area contributed by atoms with E-state index in [-0.39, 0.29) is 5.97 Å². The molecule has 0 aliphatic carbocycles. The molecule has 0 heterocycles. The molecular weight excluding hydrogens is 496 g/mol. The lowest BCUT2D eigenvalue weighted by Crippen LogP contribution is -2.09. The monoisotopic (exact) mass is 544 g/mol. The summed E-state index contributed by atoms with van der Waals surface area (Å²) in [5.74, 6) is 1.06. The van der Waals surface area contributed by atoms with Gasteiger partial charge in [-0.3, -0.25) is 0 Å². The molecule has 0 unspecified atom stereocenters. The van der Waals surface area contributed by atoms with Gasteiger partial charge in [0, 0.05) is 12.2 Å².